The van der Waals surface area contributed by atoms with Crippen LogP contribution in [0, 0.1) is 5.92 Å². The van der Waals surface area contributed by atoms with Gasteiger partial charge in [-0.15, -0.1) is 0 Å². The van der Waals surface area contributed by atoms with Crippen molar-refractivity contribution in [2.75, 3.05) is 23.3 Å². The number of rotatable bonds is 3. The average Bonchev–Trinajstić information content (AvgIpc) is 2.34. The van der Waals surface area contributed by atoms with Crippen molar-refractivity contribution in [2.45, 2.75) is 19.9 Å². The van der Waals surface area contributed by atoms with Crippen molar-refractivity contribution in [2.24, 2.45) is 11.7 Å². The van der Waals surface area contributed by atoms with Crippen molar-refractivity contribution in [1.29, 1.82) is 0 Å². The number of carbonyl (C=O) groups is 1. The molecule has 1 aromatic carbocycles. The molecule has 4 heteroatoms. The minimum Gasteiger partial charge on any atom is -0.358 e. The molecule has 1 amide bonds. The molecule has 0 bridgehead atoms. The minimum absolute atomic E-state index is 0.0490. The Labute approximate surface area is 102 Å². The van der Waals surface area contributed by atoms with Crippen molar-refractivity contribution in [3.8, 4) is 0 Å². The van der Waals surface area contributed by atoms with Crippen LogP contribution in [0.2, 0.25) is 0 Å². The molecule has 1 aliphatic heterocycles. The molecule has 0 aromatic heterocycles. The van der Waals surface area contributed by atoms with Gasteiger partial charge in [0.2, 0.25) is 5.91 Å². The lowest BCUT2D eigenvalue weighted by Crippen LogP contribution is -2.48. The largest absolute Gasteiger partial charge is 0.358 e. The first-order chi connectivity index (χ1) is 8.13. The first-order valence-electron chi connectivity index (χ1n) is 6.00. The summed E-state index contributed by atoms with van der Waals surface area (Å²) in [5, 5.41) is 2.92. The van der Waals surface area contributed by atoms with Crippen LogP contribution in [0.3, 0.4) is 0 Å². The number of para-hydroxylation sites is 2. The SMILES string of the molecule is CC(CN)CN1c2ccccc2NC(=O)C1C. The van der Waals surface area contributed by atoms with Gasteiger partial charge in [-0.2, -0.15) is 0 Å². The zero-order chi connectivity index (χ0) is 12.4. The molecule has 4 nitrogen and oxygen atoms in total. The van der Waals surface area contributed by atoms with Crippen LogP contribution in [-0.2, 0) is 4.79 Å². The fourth-order valence-electron chi connectivity index (χ4n) is 2.08. The lowest BCUT2D eigenvalue weighted by atomic mass is 10.1. The number of fused-ring (bicyclic) bond motifs is 1. The predicted molar refractivity (Wildman–Crippen MR) is 70.1 cm³/mol. The maximum atomic E-state index is 11.9. The fourth-order valence-corrected chi connectivity index (χ4v) is 2.08. The van der Waals surface area contributed by atoms with Gasteiger partial charge < -0.3 is 16.0 Å². The van der Waals surface area contributed by atoms with Gasteiger partial charge in [0.05, 0.1) is 11.4 Å². The van der Waals surface area contributed by atoms with Crippen LogP contribution < -0.4 is 16.0 Å². The third-order valence-electron chi connectivity index (χ3n) is 3.23. The minimum atomic E-state index is -0.140. The molecular formula is C13H19N3O. The van der Waals surface area contributed by atoms with Gasteiger partial charge in [-0.25, -0.2) is 0 Å². The van der Waals surface area contributed by atoms with Gasteiger partial charge in [0, 0.05) is 6.54 Å². The van der Waals surface area contributed by atoms with Crippen LogP contribution in [0.5, 0.6) is 0 Å². The van der Waals surface area contributed by atoms with E-state index >= 15 is 0 Å². The third-order valence-corrected chi connectivity index (χ3v) is 3.23. The Morgan fingerprint density at radius 1 is 1.47 bits per heavy atom. The number of nitrogens with zero attached hydrogens (tertiary/aromatic N) is 1. The topological polar surface area (TPSA) is 58.4 Å². The van der Waals surface area contributed by atoms with E-state index < -0.39 is 0 Å². The Balaban J connectivity index is 2.32. The normalized spacial score (nSPS) is 20.8. The number of nitrogens with one attached hydrogen (secondary N) is 1. The van der Waals surface area contributed by atoms with E-state index in [1.807, 2.05) is 31.2 Å². The third kappa shape index (κ3) is 2.26. The molecule has 17 heavy (non-hydrogen) atoms. The Morgan fingerprint density at radius 2 is 2.18 bits per heavy atom. The van der Waals surface area contributed by atoms with E-state index in [0.29, 0.717) is 12.5 Å². The second-order valence-electron chi connectivity index (χ2n) is 4.68. The number of benzene rings is 1. The number of amides is 1. The molecule has 1 aliphatic rings. The highest BCUT2D eigenvalue weighted by Crippen LogP contribution is 2.31. The van der Waals surface area contributed by atoms with E-state index in [4.69, 9.17) is 5.73 Å². The molecular weight excluding hydrogens is 214 g/mol. The highest BCUT2D eigenvalue weighted by Gasteiger charge is 2.29. The molecule has 0 aliphatic carbocycles. The van der Waals surface area contributed by atoms with Gasteiger partial charge in [0.25, 0.3) is 0 Å². The highest BCUT2D eigenvalue weighted by atomic mass is 16.2. The fraction of sp³-hybridized carbons (Fsp3) is 0.462. The van der Waals surface area contributed by atoms with Crippen LogP contribution in [0.25, 0.3) is 0 Å². The first-order valence-corrected chi connectivity index (χ1v) is 6.00. The van der Waals surface area contributed by atoms with E-state index in [0.717, 1.165) is 17.9 Å². The molecule has 0 fully saturated rings. The molecule has 1 heterocycles. The van der Waals surface area contributed by atoms with Crippen LogP contribution in [-0.4, -0.2) is 25.0 Å². The maximum Gasteiger partial charge on any atom is 0.246 e. The standard InChI is InChI=1S/C13H19N3O/c1-9(7-14)8-16-10(2)13(17)15-11-5-3-4-6-12(11)16/h3-6,9-10H,7-8,14H2,1-2H3,(H,15,17). The zero-order valence-electron chi connectivity index (χ0n) is 10.3. The molecule has 1 aromatic rings. The van der Waals surface area contributed by atoms with E-state index in [1.165, 1.54) is 0 Å². The van der Waals surface area contributed by atoms with Gasteiger partial charge in [-0.1, -0.05) is 19.1 Å². The predicted octanol–water partition coefficient (Wildman–Crippen LogP) is 1.43. The van der Waals surface area contributed by atoms with E-state index in [-0.39, 0.29) is 11.9 Å². The summed E-state index contributed by atoms with van der Waals surface area (Å²) in [4.78, 5) is 14.0. The number of nitrogens with two attached hydrogens (primary N) is 1. The molecule has 0 spiro atoms. The summed E-state index contributed by atoms with van der Waals surface area (Å²) in [6.45, 7) is 5.46. The summed E-state index contributed by atoms with van der Waals surface area (Å²) in [5.41, 5.74) is 7.63. The van der Waals surface area contributed by atoms with Crippen LogP contribution >= 0.6 is 0 Å². The second kappa shape index (κ2) is 4.75. The van der Waals surface area contributed by atoms with Crippen molar-refractivity contribution >= 4 is 17.3 Å². The Bertz CT molecular complexity index is 419. The zero-order valence-corrected chi connectivity index (χ0v) is 10.3. The molecule has 2 unspecified atom stereocenters. The second-order valence-corrected chi connectivity index (χ2v) is 4.68. The van der Waals surface area contributed by atoms with Crippen LogP contribution in [0.1, 0.15) is 13.8 Å². The van der Waals surface area contributed by atoms with Gasteiger partial charge in [0.1, 0.15) is 6.04 Å². The maximum absolute atomic E-state index is 11.9. The van der Waals surface area contributed by atoms with E-state index in [1.54, 1.807) is 0 Å². The first kappa shape index (κ1) is 11.9. The van der Waals surface area contributed by atoms with Crippen LogP contribution in [0.4, 0.5) is 11.4 Å². The molecule has 2 rings (SSSR count). The molecule has 0 saturated heterocycles. The summed E-state index contributed by atoms with van der Waals surface area (Å²) >= 11 is 0. The van der Waals surface area contributed by atoms with Gasteiger partial charge in [0.15, 0.2) is 0 Å². The molecule has 0 saturated carbocycles. The Hall–Kier alpha value is -1.55. The molecule has 2 atom stereocenters. The molecule has 0 radical (unpaired) electrons. The van der Waals surface area contributed by atoms with Gasteiger partial charge >= 0.3 is 0 Å². The van der Waals surface area contributed by atoms with Crippen molar-refractivity contribution in [3.05, 3.63) is 24.3 Å². The van der Waals surface area contributed by atoms with E-state index in [9.17, 15) is 4.79 Å². The van der Waals surface area contributed by atoms with Crippen molar-refractivity contribution in [3.63, 3.8) is 0 Å². The van der Waals surface area contributed by atoms with Crippen LogP contribution in [0.15, 0.2) is 24.3 Å². The van der Waals surface area contributed by atoms with Crippen molar-refractivity contribution in [1.82, 2.24) is 0 Å². The van der Waals surface area contributed by atoms with Crippen molar-refractivity contribution < 1.29 is 4.79 Å². The average molecular weight is 233 g/mol. The number of hydrogen-bond donors (Lipinski definition) is 2. The Morgan fingerprint density at radius 3 is 2.88 bits per heavy atom. The summed E-state index contributed by atoms with van der Waals surface area (Å²) in [6.07, 6.45) is 0. The lowest BCUT2D eigenvalue weighted by molar-refractivity contribution is -0.117. The quantitative estimate of drug-likeness (QED) is 0.830. The molecule has 3 N–H and O–H groups in total. The number of hydrogen-bond acceptors (Lipinski definition) is 3. The summed E-state index contributed by atoms with van der Waals surface area (Å²) in [7, 11) is 0. The lowest BCUT2D eigenvalue weighted by Gasteiger charge is -2.37. The monoisotopic (exact) mass is 233 g/mol. The summed E-state index contributed by atoms with van der Waals surface area (Å²) in [5.74, 6) is 0.421. The smallest absolute Gasteiger partial charge is 0.246 e. The van der Waals surface area contributed by atoms with E-state index in [2.05, 4.69) is 17.1 Å². The Kier molecular flexibility index (Phi) is 3.33. The summed E-state index contributed by atoms with van der Waals surface area (Å²) in [6, 6.07) is 7.75. The van der Waals surface area contributed by atoms with Gasteiger partial charge in [-0.05, 0) is 31.5 Å². The highest BCUT2D eigenvalue weighted by molar-refractivity contribution is 6.03. The van der Waals surface area contributed by atoms with Gasteiger partial charge in [-0.3, -0.25) is 4.79 Å². The summed E-state index contributed by atoms with van der Waals surface area (Å²) < 4.78 is 0. The molecule has 92 valence electrons. The number of anilines is 2. The number of carbonyl (C=O) groups excluding carboxylic acids is 1.